The fourth-order valence-corrected chi connectivity index (χ4v) is 2.13. The normalized spacial score (nSPS) is 10.2. The summed E-state index contributed by atoms with van der Waals surface area (Å²) in [5.74, 6) is 0.401. The van der Waals surface area contributed by atoms with Crippen LogP contribution in [0.4, 0.5) is 5.69 Å². The molecule has 0 fully saturated rings. The van der Waals surface area contributed by atoms with Gasteiger partial charge in [0.15, 0.2) is 0 Å². The second kappa shape index (κ2) is 6.64. The number of amides is 1. The van der Waals surface area contributed by atoms with Crippen LogP contribution >= 0.6 is 23.2 Å². The van der Waals surface area contributed by atoms with Crippen LogP contribution < -0.4 is 10.1 Å². The molecule has 5 heteroatoms. The maximum atomic E-state index is 12.1. The van der Waals surface area contributed by atoms with E-state index in [0.29, 0.717) is 33.7 Å². The maximum absolute atomic E-state index is 12.1. The van der Waals surface area contributed by atoms with E-state index in [9.17, 15) is 4.79 Å². The highest BCUT2D eigenvalue weighted by molar-refractivity contribution is 6.36. The smallest absolute Gasteiger partial charge is 0.255 e. The highest BCUT2D eigenvalue weighted by atomic mass is 35.5. The van der Waals surface area contributed by atoms with Gasteiger partial charge < -0.3 is 10.1 Å². The fraction of sp³-hybridized carbons (Fsp3) is 0.133. The van der Waals surface area contributed by atoms with Crippen LogP contribution in [0.5, 0.6) is 5.75 Å². The Kier molecular flexibility index (Phi) is 4.88. The van der Waals surface area contributed by atoms with Crippen LogP contribution in [0.1, 0.15) is 17.3 Å². The molecule has 20 heavy (non-hydrogen) atoms. The van der Waals surface area contributed by atoms with Crippen LogP contribution in [0, 0.1) is 0 Å². The van der Waals surface area contributed by atoms with E-state index in [-0.39, 0.29) is 5.91 Å². The average molecular weight is 310 g/mol. The summed E-state index contributed by atoms with van der Waals surface area (Å²) >= 11 is 11.8. The number of benzene rings is 2. The standard InChI is InChI=1S/C15H13Cl2NO2/c1-2-20-12-5-3-4-10(8-12)15(19)18-14-7-6-11(16)9-13(14)17/h3-9H,2H2,1H3,(H,18,19). The zero-order valence-corrected chi connectivity index (χ0v) is 12.3. The van der Waals surface area contributed by atoms with Crippen molar-refractivity contribution in [1.29, 1.82) is 0 Å². The molecular formula is C15H13Cl2NO2. The summed E-state index contributed by atoms with van der Waals surface area (Å²) in [5.41, 5.74) is 1.02. The van der Waals surface area contributed by atoms with E-state index >= 15 is 0 Å². The van der Waals surface area contributed by atoms with Gasteiger partial charge in [-0.1, -0.05) is 29.3 Å². The monoisotopic (exact) mass is 309 g/mol. The van der Waals surface area contributed by atoms with Crippen LogP contribution in [0.2, 0.25) is 10.0 Å². The lowest BCUT2D eigenvalue weighted by Gasteiger charge is -2.09. The van der Waals surface area contributed by atoms with Crippen molar-refractivity contribution in [2.75, 3.05) is 11.9 Å². The number of nitrogens with one attached hydrogen (secondary N) is 1. The molecule has 0 saturated heterocycles. The van der Waals surface area contributed by atoms with E-state index in [4.69, 9.17) is 27.9 Å². The zero-order chi connectivity index (χ0) is 14.5. The van der Waals surface area contributed by atoms with E-state index in [0.717, 1.165) is 0 Å². The molecule has 104 valence electrons. The molecular weight excluding hydrogens is 297 g/mol. The molecule has 2 rings (SSSR count). The summed E-state index contributed by atoms with van der Waals surface area (Å²) in [5, 5.41) is 3.65. The molecule has 0 atom stereocenters. The minimum Gasteiger partial charge on any atom is -0.494 e. The van der Waals surface area contributed by atoms with Crippen LogP contribution in [-0.4, -0.2) is 12.5 Å². The van der Waals surface area contributed by atoms with Gasteiger partial charge in [-0.05, 0) is 43.3 Å². The average Bonchev–Trinajstić information content (AvgIpc) is 2.42. The van der Waals surface area contributed by atoms with Gasteiger partial charge in [0.2, 0.25) is 0 Å². The molecule has 2 aromatic carbocycles. The van der Waals surface area contributed by atoms with E-state index in [1.54, 1.807) is 42.5 Å². The summed E-state index contributed by atoms with van der Waals surface area (Å²) in [6, 6.07) is 11.9. The lowest BCUT2D eigenvalue weighted by Crippen LogP contribution is -2.12. The van der Waals surface area contributed by atoms with E-state index in [1.807, 2.05) is 6.92 Å². The quantitative estimate of drug-likeness (QED) is 0.893. The molecule has 0 unspecified atom stereocenters. The first-order valence-corrected chi connectivity index (χ1v) is 6.85. The van der Waals surface area contributed by atoms with Gasteiger partial charge in [-0.25, -0.2) is 0 Å². The summed E-state index contributed by atoms with van der Waals surface area (Å²) in [6.07, 6.45) is 0. The number of rotatable bonds is 4. The minimum absolute atomic E-state index is 0.254. The minimum atomic E-state index is -0.254. The number of hydrogen-bond acceptors (Lipinski definition) is 2. The van der Waals surface area contributed by atoms with Crippen LogP contribution in [0.15, 0.2) is 42.5 Å². The second-order valence-electron chi connectivity index (χ2n) is 4.04. The topological polar surface area (TPSA) is 38.3 Å². The SMILES string of the molecule is CCOc1cccc(C(=O)Nc2ccc(Cl)cc2Cl)c1. The Balaban J connectivity index is 2.17. The molecule has 3 nitrogen and oxygen atoms in total. The summed E-state index contributed by atoms with van der Waals surface area (Å²) in [4.78, 5) is 12.1. The van der Waals surface area contributed by atoms with Crippen LogP contribution in [-0.2, 0) is 0 Å². The van der Waals surface area contributed by atoms with Crippen molar-refractivity contribution < 1.29 is 9.53 Å². The Bertz CT molecular complexity index is 629. The molecule has 0 spiro atoms. The summed E-state index contributed by atoms with van der Waals surface area (Å²) in [7, 11) is 0. The highest BCUT2D eigenvalue weighted by Crippen LogP contribution is 2.26. The van der Waals surface area contributed by atoms with Crippen molar-refractivity contribution in [1.82, 2.24) is 0 Å². The molecule has 0 aliphatic rings. The lowest BCUT2D eigenvalue weighted by atomic mass is 10.2. The van der Waals surface area contributed by atoms with Gasteiger partial charge in [-0.3, -0.25) is 4.79 Å². The molecule has 0 heterocycles. The fourth-order valence-electron chi connectivity index (χ4n) is 1.68. The Hall–Kier alpha value is -1.71. The third kappa shape index (κ3) is 3.65. The first-order chi connectivity index (χ1) is 9.60. The van der Waals surface area contributed by atoms with E-state index in [2.05, 4.69) is 5.32 Å². The lowest BCUT2D eigenvalue weighted by molar-refractivity contribution is 0.102. The zero-order valence-electron chi connectivity index (χ0n) is 10.8. The van der Waals surface area contributed by atoms with Crippen molar-refractivity contribution in [3.63, 3.8) is 0 Å². The maximum Gasteiger partial charge on any atom is 0.255 e. The number of carbonyl (C=O) groups is 1. The molecule has 0 aromatic heterocycles. The Morgan fingerprint density at radius 3 is 2.70 bits per heavy atom. The van der Waals surface area contributed by atoms with Crippen LogP contribution in [0.25, 0.3) is 0 Å². The second-order valence-corrected chi connectivity index (χ2v) is 4.88. The van der Waals surface area contributed by atoms with Gasteiger partial charge in [-0.2, -0.15) is 0 Å². The van der Waals surface area contributed by atoms with Crippen molar-refractivity contribution >= 4 is 34.8 Å². The molecule has 0 bridgehead atoms. The molecule has 1 amide bonds. The van der Waals surface area contributed by atoms with Gasteiger partial charge in [0.25, 0.3) is 5.91 Å². The first-order valence-electron chi connectivity index (χ1n) is 6.09. The molecule has 0 aliphatic carbocycles. The van der Waals surface area contributed by atoms with Crippen molar-refractivity contribution in [2.24, 2.45) is 0 Å². The third-order valence-electron chi connectivity index (χ3n) is 2.59. The molecule has 0 radical (unpaired) electrons. The predicted octanol–water partition coefficient (Wildman–Crippen LogP) is 4.64. The molecule has 0 aliphatic heterocycles. The van der Waals surface area contributed by atoms with Crippen molar-refractivity contribution in [3.8, 4) is 5.75 Å². The van der Waals surface area contributed by atoms with Gasteiger partial charge in [0.05, 0.1) is 17.3 Å². The Morgan fingerprint density at radius 2 is 2.00 bits per heavy atom. The first kappa shape index (κ1) is 14.7. The predicted molar refractivity (Wildman–Crippen MR) is 82.0 cm³/mol. The largest absolute Gasteiger partial charge is 0.494 e. The number of hydrogen-bond donors (Lipinski definition) is 1. The Morgan fingerprint density at radius 1 is 1.20 bits per heavy atom. The van der Waals surface area contributed by atoms with Gasteiger partial charge in [0.1, 0.15) is 5.75 Å². The van der Waals surface area contributed by atoms with Gasteiger partial charge in [-0.15, -0.1) is 0 Å². The summed E-state index contributed by atoms with van der Waals surface area (Å²) in [6.45, 7) is 2.44. The molecule has 0 saturated carbocycles. The Labute approximate surface area is 127 Å². The van der Waals surface area contributed by atoms with Crippen molar-refractivity contribution in [2.45, 2.75) is 6.92 Å². The van der Waals surface area contributed by atoms with Crippen molar-refractivity contribution in [3.05, 3.63) is 58.1 Å². The summed E-state index contributed by atoms with van der Waals surface area (Å²) < 4.78 is 5.36. The number of anilines is 1. The number of carbonyl (C=O) groups excluding carboxylic acids is 1. The molecule has 1 N–H and O–H groups in total. The van der Waals surface area contributed by atoms with E-state index < -0.39 is 0 Å². The van der Waals surface area contributed by atoms with Gasteiger partial charge >= 0.3 is 0 Å². The molecule has 2 aromatic rings. The third-order valence-corrected chi connectivity index (χ3v) is 3.13. The van der Waals surface area contributed by atoms with Crippen LogP contribution in [0.3, 0.4) is 0 Å². The highest BCUT2D eigenvalue weighted by Gasteiger charge is 2.09. The number of ether oxygens (including phenoxy) is 1. The van der Waals surface area contributed by atoms with E-state index in [1.165, 1.54) is 0 Å². The van der Waals surface area contributed by atoms with Gasteiger partial charge in [0, 0.05) is 10.6 Å². The number of halogens is 2.